The molecule has 1 fully saturated rings. The van der Waals surface area contributed by atoms with Crippen LogP contribution in [0.3, 0.4) is 0 Å². The number of ether oxygens (including phenoxy) is 2. The van der Waals surface area contributed by atoms with E-state index >= 15 is 0 Å². The van der Waals surface area contributed by atoms with Gasteiger partial charge in [-0.3, -0.25) is 9.59 Å². The molecule has 0 atom stereocenters. The van der Waals surface area contributed by atoms with Crippen LogP contribution in [0.5, 0.6) is 5.75 Å². The summed E-state index contributed by atoms with van der Waals surface area (Å²) in [5.74, 6) is 0.568. The van der Waals surface area contributed by atoms with Crippen LogP contribution < -0.4 is 9.64 Å². The summed E-state index contributed by atoms with van der Waals surface area (Å²) in [4.78, 5) is 28.9. The van der Waals surface area contributed by atoms with Crippen molar-refractivity contribution in [3.8, 4) is 16.9 Å². The van der Waals surface area contributed by atoms with Gasteiger partial charge in [-0.1, -0.05) is 36.4 Å². The van der Waals surface area contributed by atoms with Crippen molar-refractivity contribution >= 4 is 17.3 Å². The molecule has 150 valence electrons. The zero-order valence-electron chi connectivity index (χ0n) is 16.7. The number of morpholine rings is 1. The Morgan fingerprint density at radius 2 is 1.47 bits per heavy atom. The van der Waals surface area contributed by atoms with E-state index in [0.29, 0.717) is 48.6 Å². The van der Waals surface area contributed by atoms with E-state index in [1.807, 2.05) is 36.4 Å². The van der Waals surface area contributed by atoms with E-state index in [-0.39, 0.29) is 11.6 Å². The third kappa shape index (κ3) is 2.99. The lowest BCUT2D eigenvalue weighted by Crippen LogP contribution is -2.38. The fourth-order valence-corrected chi connectivity index (χ4v) is 4.21. The summed E-state index contributed by atoms with van der Waals surface area (Å²) in [5.41, 5.74) is 4.57. The van der Waals surface area contributed by atoms with E-state index in [2.05, 4.69) is 4.90 Å². The third-order valence-electron chi connectivity index (χ3n) is 5.78. The van der Waals surface area contributed by atoms with Gasteiger partial charge in [0.2, 0.25) is 0 Å². The van der Waals surface area contributed by atoms with E-state index in [9.17, 15) is 9.59 Å². The van der Waals surface area contributed by atoms with Crippen molar-refractivity contribution in [2.45, 2.75) is 0 Å². The van der Waals surface area contributed by atoms with E-state index in [1.54, 1.807) is 31.4 Å². The smallest absolute Gasteiger partial charge is 0.196 e. The topological polar surface area (TPSA) is 55.8 Å². The number of hydrogen-bond acceptors (Lipinski definition) is 5. The maximum absolute atomic E-state index is 13.4. The van der Waals surface area contributed by atoms with Crippen molar-refractivity contribution in [3.05, 3.63) is 82.9 Å². The average Bonchev–Trinajstić information content (AvgIpc) is 2.82. The molecular formula is C25H21NO4. The van der Waals surface area contributed by atoms with Crippen molar-refractivity contribution in [1.29, 1.82) is 0 Å². The maximum atomic E-state index is 13.4. The lowest BCUT2D eigenvalue weighted by atomic mass is 9.81. The van der Waals surface area contributed by atoms with Crippen LogP contribution in [-0.4, -0.2) is 45.0 Å². The molecule has 0 spiro atoms. The first-order chi connectivity index (χ1) is 14.7. The van der Waals surface area contributed by atoms with Crippen LogP contribution in [0, 0.1) is 0 Å². The number of anilines is 1. The van der Waals surface area contributed by atoms with Crippen molar-refractivity contribution in [2.24, 2.45) is 0 Å². The van der Waals surface area contributed by atoms with Crippen LogP contribution in [0.1, 0.15) is 31.8 Å². The molecule has 1 aliphatic carbocycles. The van der Waals surface area contributed by atoms with Crippen molar-refractivity contribution in [3.63, 3.8) is 0 Å². The van der Waals surface area contributed by atoms with Crippen molar-refractivity contribution in [2.75, 3.05) is 38.3 Å². The first kappa shape index (κ1) is 18.6. The largest absolute Gasteiger partial charge is 0.497 e. The molecule has 1 aliphatic heterocycles. The molecule has 0 N–H and O–H groups in total. The lowest BCUT2D eigenvalue weighted by Gasteiger charge is -2.32. The zero-order chi connectivity index (χ0) is 20.7. The Bertz CT molecular complexity index is 1140. The van der Waals surface area contributed by atoms with Gasteiger partial charge in [-0.2, -0.15) is 0 Å². The molecule has 0 bridgehead atoms. The average molecular weight is 399 g/mol. The molecule has 0 aromatic heterocycles. The summed E-state index contributed by atoms with van der Waals surface area (Å²) in [5, 5.41) is 0. The van der Waals surface area contributed by atoms with Crippen LogP contribution in [0.25, 0.3) is 11.1 Å². The predicted molar refractivity (Wildman–Crippen MR) is 115 cm³/mol. The quantitative estimate of drug-likeness (QED) is 0.522. The minimum absolute atomic E-state index is 0.0945. The second-order valence-electron chi connectivity index (χ2n) is 7.45. The van der Waals surface area contributed by atoms with Gasteiger partial charge in [0.05, 0.1) is 25.9 Å². The molecule has 5 heteroatoms. The molecule has 2 aliphatic rings. The SMILES string of the molecule is COc1ccc(-c2cc3c(c(N4CCOCC4)c2)C(=O)c2ccccc2C3=O)cc1. The van der Waals surface area contributed by atoms with Gasteiger partial charge in [0, 0.05) is 35.5 Å². The number of nitrogens with zero attached hydrogens (tertiary/aromatic N) is 1. The molecule has 0 radical (unpaired) electrons. The number of rotatable bonds is 3. The van der Waals surface area contributed by atoms with Crippen LogP contribution in [0.2, 0.25) is 0 Å². The lowest BCUT2D eigenvalue weighted by molar-refractivity contribution is 0.0978. The Balaban J connectivity index is 1.72. The highest BCUT2D eigenvalue weighted by molar-refractivity contribution is 6.30. The van der Waals surface area contributed by atoms with Gasteiger partial charge in [0.1, 0.15) is 5.75 Å². The number of ketones is 2. The van der Waals surface area contributed by atoms with Gasteiger partial charge in [0.25, 0.3) is 0 Å². The number of benzene rings is 3. The monoisotopic (exact) mass is 399 g/mol. The fraction of sp³-hybridized carbons (Fsp3) is 0.200. The Hall–Kier alpha value is -3.44. The molecule has 1 heterocycles. The van der Waals surface area contributed by atoms with Gasteiger partial charge in [-0.05, 0) is 35.4 Å². The third-order valence-corrected chi connectivity index (χ3v) is 5.78. The number of fused-ring (bicyclic) bond motifs is 2. The number of carbonyl (C=O) groups is 2. The van der Waals surface area contributed by atoms with E-state index in [1.165, 1.54) is 0 Å². The summed E-state index contributed by atoms with van der Waals surface area (Å²) in [6.45, 7) is 2.56. The molecule has 30 heavy (non-hydrogen) atoms. The standard InChI is InChI=1S/C25H21NO4/c1-29-18-8-6-16(7-9-18)17-14-21-23(22(15-17)26-10-12-30-13-11-26)25(28)20-5-3-2-4-19(20)24(21)27/h2-9,14-15H,10-13H2,1H3. The maximum Gasteiger partial charge on any atom is 0.196 e. The Kier molecular flexibility index (Phi) is 4.60. The Labute approximate surface area is 174 Å². The Morgan fingerprint density at radius 3 is 2.13 bits per heavy atom. The molecule has 5 nitrogen and oxygen atoms in total. The summed E-state index contributed by atoms with van der Waals surface area (Å²) in [7, 11) is 1.63. The fourth-order valence-electron chi connectivity index (χ4n) is 4.21. The van der Waals surface area contributed by atoms with Gasteiger partial charge >= 0.3 is 0 Å². The molecule has 0 saturated carbocycles. The van der Waals surface area contributed by atoms with Crippen LogP contribution in [0.4, 0.5) is 5.69 Å². The van der Waals surface area contributed by atoms with Gasteiger partial charge in [0.15, 0.2) is 11.6 Å². The number of methoxy groups -OCH3 is 1. The van der Waals surface area contributed by atoms with E-state index in [4.69, 9.17) is 9.47 Å². The van der Waals surface area contributed by atoms with Gasteiger partial charge < -0.3 is 14.4 Å². The first-order valence-corrected chi connectivity index (χ1v) is 10.0. The normalized spacial score (nSPS) is 15.6. The van der Waals surface area contributed by atoms with Gasteiger partial charge in [-0.25, -0.2) is 0 Å². The summed E-state index contributed by atoms with van der Waals surface area (Å²) < 4.78 is 10.8. The molecular weight excluding hydrogens is 378 g/mol. The van der Waals surface area contributed by atoms with Crippen LogP contribution in [0.15, 0.2) is 60.7 Å². The van der Waals surface area contributed by atoms with Gasteiger partial charge in [-0.15, -0.1) is 0 Å². The molecule has 5 rings (SSSR count). The summed E-state index contributed by atoms with van der Waals surface area (Å²) in [6, 6.07) is 18.6. The minimum Gasteiger partial charge on any atom is -0.497 e. The second-order valence-corrected chi connectivity index (χ2v) is 7.45. The molecule has 3 aromatic carbocycles. The Morgan fingerprint density at radius 1 is 0.800 bits per heavy atom. The predicted octanol–water partition coefficient (Wildman–Crippen LogP) is 3.97. The van der Waals surface area contributed by atoms with Crippen LogP contribution in [-0.2, 0) is 4.74 Å². The summed E-state index contributed by atoms with van der Waals surface area (Å²) >= 11 is 0. The molecule has 0 unspecified atom stereocenters. The van der Waals surface area contributed by atoms with Crippen molar-refractivity contribution < 1.29 is 19.1 Å². The highest BCUT2D eigenvalue weighted by Gasteiger charge is 2.33. The van der Waals surface area contributed by atoms with Crippen LogP contribution >= 0.6 is 0 Å². The molecule has 1 saturated heterocycles. The summed E-state index contributed by atoms with van der Waals surface area (Å²) in [6.07, 6.45) is 0. The molecule has 0 amide bonds. The number of carbonyl (C=O) groups excluding carboxylic acids is 2. The van der Waals surface area contributed by atoms with E-state index in [0.717, 1.165) is 22.6 Å². The highest BCUT2D eigenvalue weighted by Crippen LogP contribution is 2.38. The number of hydrogen-bond donors (Lipinski definition) is 0. The second kappa shape index (κ2) is 7.43. The zero-order valence-corrected chi connectivity index (χ0v) is 16.7. The minimum atomic E-state index is -0.106. The first-order valence-electron chi connectivity index (χ1n) is 10.0. The van der Waals surface area contributed by atoms with E-state index < -0.39 is 0 Å². The molecule has 3 aromatic rings. The highest BCUT2D eigenvalue weighted by atomic mass is 16.5. The van der Waals surface area contributed by atoms with Crippen molar-refractivity contribution in [1.82, 2.24) is 0 Å².